The van der Waals surface area contributed by atoms with Crippen molar-refractivity contribution in [1.82, 2.24) is 0 Å². The number of ether oxygens (including phenoxy) is 3. The minimum atomic E-state index is -0.328. The highest BCUT2D eigenvalue weighted by molar-refractivity contribution is 5.96. The standard InChI is InChI=1S/C24H28O3.C23H29NO3.C23H26O3/c1-2-23-7-5-14-13-4-3-12(25)9-15(13)16-10-17(16)21(14)22(23)18-11-19(18)24(23)8-6-20(26)27-24;1-2-22-9-7-16-15-6-4-14(24-26)11-13(15)3-5-17(16)21(22)18-12-19(18)23(22)10-8-20(25)27-23;1-2-22-9-7-16-15-6-4-14(24)11-13(15)3-5-17(16)21(22)18-12-19(18)23(22)10-8-20(25)26-23/h6,8-9,13-14,16-19,21-22H,2-5,7,10-11H2,1H3;8,10-11,15-19,21,26H,2-7,9,12H2,1H3;3,5,8,10-11,15-19,21H,2,4,6-7,9,12H2,1H3/b;24-14+;/t13-,14?,16?,17?,18?,19?,21?,22?,23+,24+;2*15-,16?,17?,18?,19?,21?,22-,23-/m100/s1. The Bertz CT molecular complexity index is 3080. The Balaban J connectivity index is 0.0000000960. The second-order valence-corrected chi connectivity index (χ2v) is 30.1. The summed E-state index contributed by atoms with van der Waals surface area (Å²) < 4.78 is 18.4. The Hall–Kier alpha value is -4.60. The zero-order valence-corrected chi connectivity index (χ0v) is 47.4. The average molecular weight is 1080 g/mol. The van der Waals surface area contributed by atoms with Crippen LogP contribution in [0.15, 0.2) is 88.7 Å². The maximum atomic E-state index is 12.1. The smallest absolute Gasteiger partial charge is 0.331 e. The third-order valence-corrected chi connectivity index (χ3v) is 28.7. The van der Waals surface area contributed by atoms with E-state index in [1.165, 1.54) is 80.9 Å². The fourth-order valence-electron chi connectivity index (χ4n) is 26.1. The minimum Gasteiger partial charge on any atom is -0.451 e. The quantitative estimate of drug-likeness (QED) is 0.126. The van der Waals surface area contributed by atoms with Gasteiger partial charge in [0.25, 0.3) is 0 Å². The van der Waals surface area contributed by atoms with Gasteiger partial charge in [0.1, 0.15) is 16.8 Å². The summed E-state index contributed by atoms with van der Waals surface area (Å²) in [4.78, 5) is 60.1. The Labute approximate surface area is 472 Å². The summed E-state index contributed by atoms with van der Waals surface area (Å²) in [5.74, 6) is 14.1. The van der Waals surface area contributed by atoms with Crippen molar-refractivity contribution in [3.8, 4) is 0 Å². The molecule has 10 heteroatoms. The molecular weight excluding hydrogens is 999 g/mol. The van der Waals surface area contributed by atoms with Gasteiger partial charge >= 0.3 is 17.9 Å². The fraction of sp³-hybridized carbons (Fsp3) is 0.714. The van der Waals surface area contributed by atoms with Gasteiger partial charge in [-0.3, -0.25) is 9.59 Å². The number of esters is 3. The van der Waals surface area contributed by atoms with Crippen LogP contribution >= 0.6 is 0 Å². The van der Waals surface area contributed by atoms with Crippen LogP contribution in [0.25, 0.3) is 0 Å². The first-order valence-corrected chi connectivity index (χ1v) is 32.7. The van der Waals surface area contributed by atoms with Crippen LogP contribution in [0.2, 0.25) is 0 Å². The van der Waals surface area contributed by atoms with Crippen LogP contribution in [-0.4, -0.2) is 57.2 Å². The van der Waals surface area contributed by atoms with E-state index in [-0.39, 0.29) is 51.0 Å². The zero-order chi connectivity index (χ0) is 54.2. The number of carbonyl (C=O) groups is 5. The molecule has 12 fully saturated rings. The van der Waals surface area contributed by atoms with Crippen molar-refractivity contribution < 1.29 is 43.4 Å². The minimum absolute atomic E-state index is 0.111. The molecule has 16 aliphatic carbocycles. The second-order valence-electron chi connectivity index (χ2n) is 30.1. The van der Waals surface area contributed by atoms with E-state index >= 15 is 0 Å². The van der Waals surface area contributed by atoms with Gasteiger partial charge in [0.05, 0.1) is 5.71 Å². The van der Waals surface area contributed by atoms with Crippen LogP contribution in [0.3, 0.4) is 0 Å². The Morgan fingerprint density at radius 1 is 0.487 bits per heavy atom. The molecule has 0 radical (unpaired) electrons. The molecule has 3 spiro atoms. The van der Waals surface area contributed by atoms with Crippen LogP contribution in [0.5, 0.6) is 0 Å². The molecule has 0 bridgehead atoms. The average Bonchev–Trinajstić information content (AvgIpc) is 4.61. The molecule has 0 aromatic rings. The number of allylic oxidation sites excluding steroid dienone is 7. The van der Waals surface area contributed by atoms with Crippen LogP contribution in [-0.2, 0) is 38.2 Å². The van der Waals surface area contributed by atoms with Crippen molar-refractivity contribution in [2.45, 2.75) is 172 Å². The number of hydrogen-bond acceptors (Lipinski definition) is 10. The molecule has 0 saturated heterocycles. The van der Waals surface area contributed by atoms with Gasteiger partial charge in [0.15, 0.2) is 11.6 Å². The second kappa shape index (κ2) is 16.8. The third kappa shape index (κ3) is 6.19. The molecule has 0 aromatic heterocycles. The number of ketones is 2. The Kier molecular flexibility index (Phi) is 10.5. The largest absolute Gasteiger partial charge is 0.451 e. The number of fused-ring (bicyclic) bond motifs is 30. The van der Waals surface area contributed by atoms with Crippen molar-refractivity contribution in [2.24, 2.45) is 140 Å². The molecule has 17 unspecified atom stereocenters. The molecule has 0 aromatic carbocycles. The predicted molar refractivity (Wildman–Crippen MR) is 298 cm³/mol. The van der Waals surface area contributed by atoms with Gasteiger partial charge in [0.2, 0.25) is 0 Å². The van der Waals surface area contributed by atoms with Gasteiger partial charge in [-0.1, -0.05) is 49.2 Å². The first-order valence-electron chi connectivity index (χ1n) is 32.7. The number of carbonyl (C=O) groups excluding carboxylic acids is 5. The van der Waals surface area contributed by atoms with Gasteiger partial charge in [-0.05, 0) is 265 Å². The molecule has 10 nitrogen and oxygen atoms in total. The molecule has 422 valence electrons. The monoisotopic (exact) mass is 1080 g/mol. The van der Waals surface area contributed by atoms with Gasteiger partial charge in [0, 0.05) is 65.1 Å². The summed E-state index contributed by atoms with van der Waals surface area (Å²) >= 11 is 0. The van der Waals surface area contributed by atoms with Crippen LogP contribution < -0.4 is 0 Å². The molecule has 1 N–H and O–H groups in total. The summed E-state index contributed by atoms with van der Waals surface area (Å²) in [6.45, 7) is 6.98. The highest BCUT2D eigenvalue weighted by Gasteiger charge is 2.82. The molecule has 12 saturated carbocycles. The lowest BCUT2D eigenvalue weighted by Crippen LogP contribution is -2.56. The van der Waals surface area contributed by atoms with Gasteiger partial charge in [-0.15, -0.1) is 0 Å². The maximum Gasteiger partial charge on any atom is 0.331 e. The van der Waals surface area contributed by atoms with E-state index in [0.717, 1.165) is 123 Å². The van der Waals surface area contributed by atoms with Crippen molar-refractivity contribution in [3.05, 3.63) is 83.6 Å². The molecule has 0 amide bonds. The highest BCUT2D eigenvalue weighted by Crippen LogP contribution is 2.83. The van der Waals surface area contributed by atoms with Crippen molar-refractivity contribution in [3.63, 3.8) is 0 Å². The van der Waals surface area contributed by atoms with E-state index < -0.39 is 0 Å². The van der Waals surface area contributed by atoms with E-state index in [1.807, 2.05) is 12.2 Å². The van der Waals surface area contributed by atoms with E-state index in [2.05, 4.69) is 62.4 Å². The molecule has 3 heterocycles. The maximum absolute atomic E-state index is 12.1. The number of hydrogen-bond donors (Lipinski definition) is 1. The van der Waals surface area contributed by atoms with Crippen molar-refractivity contribution in [2.75, 3.05) is 0 Å². The lowest BCUT2D eigenvalue weighted by molar-refractivity contribution is -0.173. The predicted octanol–water partition coefficient (Wildman–Crippen LogP) is 12.6. The SMILES string of the molecule is CC[C@]12CCC3C(C4CC4C4=CC(=O)CC[C@@H]43)C1C1CC1[C@@]21C=CC(=O)O1.CC[C@]12CCC3C(C=CC4=CC(=O)CC[C@@H]43)C1C1CC1[C@@]21C=CC(=O)O1.CC[C@]12CCC3C(CCC4=C/C(=N/O)CC[C@@H]43)C1C1CC1[C@@]21C=CC(=O)O1. The van der Waals surface area contributed by atoms with E-state index in [1.54, 1.807) is 18.2 Å². The summed E-state index contributed by atoms with van der Waals surface area (Å²) in [7, 11) is 0. The number of nitrogens with zero attached hydrogens (tertiary/aromatic N) is 1. The van der Waals surface area contributed by atoms with E-state index in [4.69, 9.17) is 14.2 Å². The Morgan fingerprint density at radius 2 is 1.02 bits per heavy atom. The van der Waals surface area contributed by atoms with Crippen LogP contribution in [0.1, 0.15) is 156 Å². The molecule has 26 atom stereocenters. The molecular formula is C70H83NO9. The van der Waals surface area contributed by atoms with Crippen LogP contribution in [0.4, 0.5) is 0 Å². The summed E-state index contributed by atoms with van der Waals surface area (Å²) in [6.07, 6.45) is 46.1. The topological polar surface area (TPSA) is 146 Å². The molecule has 3 aliphatic heterocycles. The summed E-state index contributed by atoms with van der Waals surface area (Å²) in [5, 5.41) is 12.7. The summed E-state index contributed by atoms with van der Waals surface area (Å²) in [5.41, 5.74) is 4.75. The van der Waals surface area contributed by atoms with Gasteiger partial charge in [-0.2, -0.15) is 0 Å². The highest BCUT2D eigenvalue weighted by atomic mass is 16.6. The van der Waals surface area contributed by atoms with Crippen LogP contribution in [0, 0.1) is 135 Å². The first-order chi connectivity index (χ1) is 38.8. The van der Waals surface area contributed by atoms with Gasteiger partial charge in [-0.25, -0.2) is 14.4 Å². The van der Waals surface area contributed by atoms with E-state index in [9.17, 15) is 29.2 Å². The summed E-state index contributed by atoms with van der Waals surface area (Å²) in [6, 6.07) is 0. The first kappa shape index (κ1) is 50.0. The number of oxime groups is 1. The van der Waals surface area contributed by atoms with Crippen molar-refractivity contribution in [1.29, 1.82) is 0 Å². The molecule has 19 rings (SSSR count). The zero-order valence-electron chi connectivity index (χ0n) is 47.4. The normalized spacial score (nSPS) is 55.0. The molecule has 80 heavy (non-hydrogen) atoms. The lowest BCUT2D eigenvalue weighted by atomic mass is 9.48. The molecule has 19 aliphatic rings. The van der Waals surface area contributed by atoms with E-state index in [0.29, 0.717) is 83.1 Å². The number of rotatable bonds is 3. The van der Waals surface area contributed by atoms with Crippen molar-refractivity contribution >= 4 is 35.2 Å². The Morgan fingerprint density at radius 3 is 1.62 bits per heavy atom. The lowest BCUT2D eigenvalue weighted by Gasteiger charge is -2.58. The fourth-order valence-corrected chi connectivity index (χ4v) is 26.1. The van der Waals surface area contributed by atoms with Gasteiger partial charge < -0.3 is 19.4 Å². The third-order valence-electron chi connectivity index (χ3n) is 28.7.